The van der Waals surface area contributed by atoms with E-state index < -0.39 is 0 Å². The average Bonchev–Trinajstić information content (AvgIpc) is 3.85. The van der Waals surface area contributed by atoms with Crippen molar-refractivity contribution >= 4 is 33.8 Å². The molecule has 0 heterocycles. The minimum Gasteiger partial charge on any atom is -0.498 e. The molecule has 12 nitrogen and oxygen atoms in total. The molecule has 0 N–H and O–H groups in total. The van der Waals surface area contributed by atoms with E-state index >= 15 is 0 Å². The molecule has 0 saturated heterocycles. The lowest BCUT2D eigenvalue weighted by Gasteiger charge is -2.14. The van der Waals surface area contributed by atoms with Crippen LogP contribution in [0, 0.1) is 0 Å². The molecular formula is C58H88O12. The first kappa shape index (κ1) is 57.3. The van der Waals surface area contributed by atoms with E-state index in [1.807, 2.05) is 27.7 Å². The Morgan fingerprint density at radius 2 is 0.429 bits per heavy atom. The van der Waals surface area contributed by atoms with Crippen molar-refractivity contribution < 1.29 is 56.8 Å². The van der Waals surface area contributed by atoms with Crippen molar-refractivity contribution in [3.05, 3.63) is 96.6 Å². The largest absolute Gasteiger partial charge is 0.498 e. The molecule has 0 unspecified atom stereocenters. The molecule has 0 radical (unpaired) electrons. The van der Waals surface area contributed by atoms with Crippen molar-refractivity contribution in [3.63, 3.8) is 0 Å². The van der Waals surface area contributed by atoms with Crippen LogP contribution in [-0.4, -0.2) is 79.3 Å². The van der Waals surface area contributed by atoms with Gasteiger partial charge in [0.05, 0.1) is 79.3 Å². The molecule has 2 aromatic carbocycles. The molecular weight excluding hydrogens is 889 g/mol. The number of hydrogen-bond donors (Lipinski definition) is 0. The standard InChI is InChI=1S/C58H88O12/c1-5-59-41-45-63-33-21-13-9-17-25-37-67-55-49-29-30-51-54-52(32-31-50(53(49)54)56(55)68-38-26-18-10-14-22-34-64-46-42-60-6-2)58(70-40-28-20-12-16-24-36-66-48-44-62-8-4)57(51)69-39-27-19-11-15-23-35-65-47-43-61-7-3/h29-32,41-48H,5-28,33-40H2,1-4H3/b45-41+,46-42+,47-43+,48-44+. The maximum absolute atomic E-state index is 6.75. The van der Waals surface area contributed by atoms with Crippen LogP contribution in [0.25, 0.3) is 33.8 Å². The fraction of sp³-hybridized carbons (Fsp3) is 0.621. The first-order valence-electron chi connectivity index (χ1n) is 26.9. The zero-order valence-corrected chi connectivity index (χ0v) is 43.5. The van der Waals surface area contributed by atoms with Gasteiger partial charge in [0.2, 0.25) is 0 Å². The molecule has 0 bridgehead atoms. The number of benzene rings is 2. The summed E-state index contributed by atoms with van der Waals surface area (Å²) in [6.45, 7) is 15.7. The highest BCUT2D eigenvalue weighted by Gasteiger charge is 2.35. The third-order valence-corrected chi connectivity index (χ3v) is 11.8. The minimum absolute atomic E-state index is 0.624. The average molecular weight is 977 g/mol. The molecule has 0 spiro atoms. The summed E-state index contributed by atoms with van der Waals surface area (Å²) >= 11 is 0. The Hall–Kier alpha value is -5.26. The van der Waals surface area contributed by atoms with Crippen LogP contribution >= 0.6 is 0 Å². The summed E-state index contributed by atoms with van der Waals surface area (Å²) in [6, 6.07) is 8.82. The Morgan fingerprint density at radius 3 is 0.643 bits per heavy atom. The van der Waals surface area contributed by atoms with E-state index in [9.17, 15) is 0 Å². The SMILES string of the molecule is CCO/C=C/OCCCCCCCOC1=C(OCCCCCCCO/C=C/OCC)c2ccc3c4c(ccc1c24)C(OCCCCCCCO/C=C/OCC)=C3OCCCCCCCO/C=C/OCC. The van der Waals surface area contributed by atoms with Gasteiger partial charge in [-0.05, 0) is 103 Å². The summed E-state index contributed by atoms with van der Waals surface area (Å²) in [4.78, 5) is 0. The Labute approximate surface area is 421 Å². The van der Waals surface area contributed by atoms with Crippen molar-refractivity contribution in [2.45, 2.75) is 156 Å². The second-order valence-corrected chi connectivity index (χ2v) is 17.2. The van der Waals surface area contributed by atoms with Gasteiger partial charge in [-0.2, -0.15) is 0 Å². The summed E-state index contributed by atoms with van der Waals surface area (Å²) in [5.74, 6) is 3.37. The van der Waals surface area contributed by atoms with Crippen molar-refractivity contribution in [1.82, 2.24) is 0 Å². The van der Waals surface area contributed by atoms with Gasteiger partial charge in [0.1, 0.15) is 50.1 Å². The molecule has 4 rings (SSSR count). The zero-order chi connectivity index (χ0) is 49.4. The van der Waals surface area contributed by atoms with Crippen molar-refractivity contribution in [2.75, 3.05) is 79.3 Å². The molecule has 12 heteroatoms. The quantitative estimate of drug-likeness (QED) is 0.0465. The van der Waals surface area contributed by atoms with Crippen LogP contribution in [0.5, 0.6) is 0 Å². The Morgan fingerprint density at radius 1 is 0.243 bits per heavy atom. The summed E-state index contributed by atoms with van der Waals surface area (Å²) < 4.78 is 69.9. The predicted octanol–water partition coefficient (Wildman–Crippen LogP) is 15.1. The maximum Gasteiger partial charge on any atom is 0.169 e. The van der Waals surface area contributed by atoms with Gasteiger partial charge >= 0.3 is 0 Å². The van der Waals surface area contributed by atoms with Gasteiger partial charge in [0.15, 0.2) is 23.0 Å². The van der Waals surface area contributed by atoms with Crippen LogP contribution in [0.15, 0.2) is 74.4 Å². The van der Waals surface area contributed by atoms with E-state index in [-0.39, 0.29) is 0 Å². The minimum atomic E-state index is 0.624. The summed E-state index contributed by atoms with van der Waals surface area (Å²) in [5, 5.41) is 2.32. The first-order chi connectivity index (χ1) is 34.8. The van der Waals surface area contributed by atoms with Crippen LogP contribution < -0.4 is 0 Å². The monoisotopic (exact) mass is 977 g/mol. The highest BCUT2D eigenvalue weighted by molar-refractivity contribution is 6.19. The van der Waals surface area contributed by atoms with Gasteiger partial charge < -0.3 is 56.8 Å². The lowest BCUT2D eigenvalue weighted by molar-refractivity contribution is 0.206. The van der Waals surface area contributed by atoms with E-state index in [0.29, 0.717) is 79.3 Å². The highest BCUT2D eigenvalue weighted by Crippen LogP contribution is 2.51. The number of hydrogen-bond acceptors (Lipinski definition) is 12. The molecule has 0 aliphatic heterocycles. The van der Waals surface area contributed by atoms with E-state index in [4.69, 9.17) is 56.8 Å². The molecule has 0 amide bonds. The fourth-order valence-electron chi connectivity index (χ4n) is 8.25. The van der Waals surface area contributed by atoms with E-state index in [2.05, 4.69) is 24.3 Å². The predicted molar refractivity (Wildman–Crippen MR) is 281 cm³/mol. The van der Waals surface area contributed by atoms with Crippen molar-refractivity contribution in [3.8, 4) is 0 Å². The highest BCUT2D eigenvalue weighted by atomic mass is 16.5. The van der Waals surface area contributed by atoms with Crippen LogP contribution in [0.4, 0.5) is 0 Å². The molecule has 2 aromatic rings. The third-order valence-electron chi connectivity index (χ3n) is 11.8. The van der Waals surface area contributed by atoms with E-state index in [1.165, 1.54) is 0 Å². The molecule has 70 heavy (non-hydrogen) atoms. The Bertz CT molecular complexity index is 1600. The van der Waals surface area contributed by atoms with Gasteiger partial charge in [-0.1, -0.05) is 77.0 Å². The van der Waals surface area contributed by atoms with Crippen LogP contribution in [0.1, 0.15) is 178 Å². The lowest BCUT2D eigenvalue weighted by atomic mass is 9.98. The summed E-state index contributed by atoms with van der Waals surface area (Å²) in [5.41, 5.74) is 4.32. The van der Waals surface area contributed by atoms with Crippen LogP contribution in [-0.2, 0) is 56.8 Å². The lowest BCUT2D eigenvalue weighted by Crippen LogP contribution is -2.01. The zero-order valence-electron chi connectivity index (χ0n) is 43.5. The third kappa shape index (κ3) is 21.8. The van der Waals surface area contributed by atoms with Crippen molar-refractivity contribution in [2.24, 2.45) is 0 Å². The summed E-state index contributed by atoms with van der Waals surface area (Å²) in [7, 11) is 0. The van der Waals surface area contributed by atoms with E-state index in [1.54, 1.807) is 50.1 Å². The van der Waals surface area contributed by atoms with Gasteiger partial charge in [0, 0.05) is 33.0 Å². The number of ether oxygens (including phenoxy) is 12. The Balaban J connectivity index is 1.40. The molecule has 2 aliphatic carbocycles. The van der Waals surface area contributed by atoms with E-state index in [0.717, 1.165) is 184 Å². The topological polar surface area (TPSA) is 111 Å². The van der Waals surface area contributed by atoms with Crippen LogP contribution in [0.3, 0.4) is 0 Å². The van der Waals surface area contributed by atoms with Crippen molar-refractivity contribution in [1.29, 1.82) is 0 Å². The molecule has 0 aromatic heterocycles. The number of rotatable bonds is 48. The molecule has 0 saturated carbocycles. The first-order valence-corrected chi connectivity index (χ1v) is 26.9. The Kier molecular flexibility index (Phi) is 31.5. The molecule has 392 valence electrons. The second-order valence-electron chi connectivity index (χ2n) is 17.2. The number of unbranched alkanes of at least 4 members (excludes halogenated alkanes) is 16. The maximum atomic E-state index is 6.75. The molecule has 0 fully saturated rings. The summed E-state index contributed by atoms with van der Waals surface area (Å²) in [6.07, 6.45) is 34.2. The van der Waals surface area contributed by atoms with Gasteiger partial charge in [-0.15, -0.1) is 0 Å². The van der Waals surface area contributed by atoms with Gasteiger partial charge in [0.25, 0.3) is 0 Å². The fourth-order valence-corrected chi connectivity index (χ4v) is 8.25. The van der Waals surface area contributed by atoms with Crippen LogP contribution in [0.2, 0.25) is 0 Å². The normalized spacial score (nSPS) is 12.9. The smallest absolute Gasteiger partial charge is 0.169 e. The molecule has 0 atom stereocenters. The van der Waals surface area contributed by atoms with Gasteiger partial charge in [-0.25, -0.2) is 0 Å². The molecule has 2 aliphatic rings. The van der Waals surface area contributed by atoms with Gasteiger partial charge in [-0.3, -0.25) is 0 Å². The second kappa shape index (κ2) is 38.5.